The van der Waals surface area contributed by atoms with Gasteiger partial charge in [0.15, 0.2) is 0 Å². The zero-order valence-electron chi connectivity index (χ0n) is 14.6. The molecule has 0 heterocycles. The maximum absolute atomic E-state index is 12.2. The molecule has 0 aliphatic carbocycles. The number of hydrogen-bond acceptors (Lipinski definition) is 4. The quantitative estimate of drug-likeness (QED) is 0.792. The second-order valence-electron chi connectivity index (χ2n) is 5.48. The van der Waals surface area contributed by atoms with Crippen LogP contribution < -0.4 is 10.1 Å². The van der Waals surface area contributed by atoms with Gasteiger partial charge in [-0.25, -0.2) is 0 Å². The van der Waals surface area contributed by atoms with Crippen molar-refractivity contribution in [3.63, 3.8) is 0 Å². The number of nitrogens with one attached hydrogen (secondary N) is 1. The van der Waals surface area contributed by atoms with Gasteiger partial charge in [0.2, 0.25) is 5.91 Å². The molecule has 2 aromatic rings. The molecule has 2 aromatic carbocycles. The van der Waals surface area contributed by atoms with Gasteiger partial charge in [-0.15, -0.1) is 0 Å². The minimum atomic E-state index is -0.107. The molecule has 0 spiro atoms. The number of rotatable bonds is 6. The van der Waals surface area contributed by atoms with Crippen LogP contribution in [0.2, 0.25) is 0 Å². The molecule has 0 bridgehead atoms. The molecule has 25 heavy (non-hydrogen) atoms. The van der Waals surface area contributed by atoms with Crippen molar-refractivity contribution < 1.29 is 14.3 Å². The Labute approximate surface area is 152 Å². The van der Waals surface area contributed by atoms with Gasteiger partial charge >= 0.3 is 0 Å². The first-order chi connectivity index (χ1) is 12.0. The van der Waals surface area contributed by atoms with Crippen LogP contribution in [0.15, 0.2) is 53.4 Å². The Kier molecular flexibility index (Phi) is 6.89. The lowest BCUT2D eigenvalue weighted by Crippen LogP contribution is -2.21. The lowest BCUT2D eigenvalue weighted by Gasteiger charge is -2.13. The number of anilines is 1. The summed E-state index contributed by atoms with van der Waals surface area (Å²) in [6.07, 6.45) is 0.277. The molecule has 0 radical (unpaired) electrons. The molecule has 0 aliphatic rings. The second-order valence-corrected chi connectivity index (χ2v) is 6.51. The standard InChI is InChI=1S/C19H22N2O3S/c1-4-21(2)19(23)25-17-7-5-6-15(13-17)20-18(22)12-14-8-10-16(24-3)11-9-14/h5-11,13H,4,12H2,1-3H3,(H,20,22). The van der Waals surface area contributed by atoms with Crippen molar-refractivity contribution >= 4 is 28.6 Å². The van der Waals surface area contributed by atoms with Gasteiger partial charge in [-0.3, -0.25) is 9.59 Å². The van der Waals surface area contributed by atoms with E-state index in [1.54, 1.807) is 25.1 Å². The van der Waals surface area contributed by atoms with E-state index in [9.17, 15) is 9.59 Å². The van der Waals surface area contributed by atoms with Gasteiger partial charge in [0.1, 0.15) is 5.75 Å². The Hall–Kier alpha value is -2.47. The molecule has 1 N–H and O–H groups in total. The zero-order valence-corrected chi connectivity index (χ0v) is 15.4. The predicted octanol–water partition coefficient (Wildman–Crippen LogP) is 4.04. The molecule has 0 aliphatic heterocycles. The van der Waals surface area contributed by atoms with E-state index in [4.69, 9.17) is 4.74 Å². The van der Waals surface area contributed by atoms with Crippen molar-refractivity contribution in [2.75, 3.05) is 26.0 Å². The minimum absolute atomic E-state index is 0.0239. The molecule has 132 valence electrons. The van der Waals surface area contributed by atoms with Crippen molar-refractivity contribution in [3.05, 3.63) is 54.1 Å². The number of hydrogen-bond donors (Lipinski definition) is 1. The van der Waals surface area contributed by atoms with E-state index < -0.39 is 0 Å². The third-order valence-electron chi connectivity index (χ3n) is 3.63. The molecule has 0 aromatic heterocycles. The van der Waals surface area contributed by atoms with Crippen LogP contribution in [-0.4, -0.2) is 36.7 Å². The van der Waals surface area contributed by atoms with Gasteiger partial charge in [-0.2, -0.15) is 0 Å². The number of benzene rings is 2. The lowest BCUT2D eigenvalue weighted by atomic mass is 10.1. The van der Waals surface area contributed by atoms with Crippen molar-refractivity contribution in [2.24, 2.45) is 0 Å². The van der Waals surface area contributed by atoms with Gasteiger partial charge in [0.25, 0.3) is 5.24 Å². The second kappa shape index (κ2) is 9.13. The van der Waals surface area contributed by atoms with E-state index in [-0.39, 0.29) is 17.6 Å². The Morgan fingerprint density at radius 3 is 2.52 bits per heavy atom. The molecule has 0 fully saturated rings. The highest BCUT2D eigenvalue weighted by molar-refractivity contribution is 8.13. The normalized spacial score (nSPS) is 10.2. The number of ether oxygens (including phenoxy) is 1. The summed E-state index contributed by atoms with van der Waals surface area (Å²) < 4.78 is 5.11. The smallest absolute Gasteiger partial charge is 0.286 e. The summed E-state index contributed by atoms with van der Waals surface area (Å²) in [6, 6.07) is 14.7. The fourth-order valence-electron chi connectivity index (χ4n) is 2.08. The van der Waals surface area contributed by atoms with E-state index in [2.05, 4.69) is 5.32 Å². The van der Waals surface area contributed by atoms with Crippen LogP contribution in [0.25, 0.3) is 0 Å². The summed E-state index contributed by atoms with van der Waals surface area (Å²) in [6.45, 7) is 2.58. The monoisotopic (exact) mass is 358 g/mol. The third-order valence-corrected chi connectivity index (χ3v) is 4.61. The van der Waals surface area contributed by atoms with Crippen LogP contribution in [-0.2, 0) is 11.2 Å². The van der Waals surface area contributed by atoms with Crippen molar-refractivity contribution in [1.82, 2.24) is 4.90 Å². The molecule has 0 atom stereocenters. The first-order valence-corrected chi connectivity index (χ1v) is 8.79. The molecule has 2 amide bonds. The number of amides is 2. The van der Waals surface area contributed by atoms with E-state index in [1.807, 2.05) is 49.4 Å². The van der Waals surface area contributed by atoms with Gasteiger partial charge < -0.3 is 15.0 Å². The molecule has 0 saturated heterocycles. The fourth-order valence-corrected chi connectivity index (χ4v) is 2.90. The molecule has 0 saturated carbocycles. The van der Waals surface area contributed by atoms with Crippen LogP contribution >= 0.6 is 11.8 Å². The lowest BCUT2D eigenvalue weighted by molar-refractivity contribution is -0.115. The predicted molar refractivity (Wildman–Crippen MR) is 101 cm³/mol. The highest BCUT2D eigenvalue weighted by Gasteiger charge is 2.10. The summed E-state index contributed by atoms with van der Waals surface area (Å²) in [7, 11) is 3.37. The van der Waals surface area contributed by atoms with Crippen molar-refractivity contribution in [3.8, 4) is 5.75 Å². The van der Waals surface area contributed by atoms with Crippen LogP contribution in [0.1, 0.15) is 12.5 Å². The summed E-state index contributed by atoms with van der Waals surface area (Å²) in [5.74, 6) is 0.653. The first kappa shape index (κ1) is 18.9. The van der Waals surface area contributed by atoms with E-state index in [1.165, 1.54) is 0 Å². The average Bonchev–Trinajstić information content (AvgIpc) is 2.61. The number of thioether (sulfide) groups is 1. The molecule has 6 heteroatoms. The highest BCUT2D eigenvalue weighted by atomic mass is 32.2. The SMILES string of the molecule is CCN(C)C(=O)Sc1cccc(NC(=O)Cc2ccc(OC)cc2)c1. The van der Waals surface area contributed by atoms with Gasteiger partial charge in [-0.05, 0) is 54.6 Å². The highest BCUT2D eigenvalue weighted by Crippen LogP contribution is 2.24. The summed E-state index contributed by atoms with van der Waals surface area (Å²) in [5, 5.41) is 2.84. The first-order valence-electron chi connectivity index (χ1n) is 7.97. The van der Waals surface area contributed by atoms with E-state index in [0.29, 0.717) is 12.2 Å². The molecule has 2 rings (SSSR count). The van der Waals surface area contributed by atoms with Crippen molar-refractivity contribution in [2.45, 2.75) is 18.2 Å². The maximum atomic E-state index is 12.2. The number of carbonyl (C=O) groups is 2. The zero-order chi connectivity index (χ0) is 18.2. The maximum Gasteiger partial charge on any atom is 0.286 e. The van der Waals surface area contributed by atoms with Crippen LogP contribution in [0.4, 0.5) is 10.5 Å². The topological polar surface area (TPSA) is 58.6 Å². The van der Waals surface area contributed by atoms with Crippen molar-refractivity contribution in [1.29, 1.82) is 0 Å². The minimum Gasteiger partial charge on any atom is -0.497 e. The Morgan fingerprint density at radius 1 is 1.16 bits per heavy atom. The number of methoxy groups -OCH3 is 1. The molecular weight excluding hydrogens is 336 g/mol. The van der Waals surface area contributed by atoms with Crippen LogP contribution in [0.3, 0.4) is 0 Å². The van der Waals surface area contributed by atoms with Crippen LogP contribution in [0, 0.1) is 0 Å². The Balaban J connectivity index is 1.96. The van der Waals surface area contributed by atoms with E-state index in [0.717, 1.165) is 28.0 Å². The summed E-state index contributed by atoms with van der Waals surface area (Å²) in [5.41, 5.74) is 1.58. The fraction of sp³-hybridized carbons (Fsp3) is 0.263. The van der Waals surface area contributed by atoms with Gasteiger partial charge in [-0.1, -0.05) is 18.2 Å². The molecular formula is C19H22N2O3S. The third kappa shape index (κ3) is 5.83. The number of carbonyl (C=O) groups excluding carboxylic acids is 2. The largest absolute Gasteiger partial charge is 0.497 e. The molecule has 5 nitrogen and oxygen atoms in total. The molecule has 0 unspecified atom stereocenters. The van der Waals surface area contributed by atoms with Gasteiger partial charge in [0, 0.05) is 24.2 Å². The summed E-state index contributed by atoms with van der Waals surface area (Å²) >= 11 is 1.15. The van der Waals surface area contributed by atoms with Crippen LogP contribution in [0.5, 0.6) is 5.75 Å². The Bertz CT molecular complexity index is 732. The van der Waals surface area contributed by atoms with Gasteiger partial charge in [0.05, 0.1) is 13.5 Å². The summed E-state index contributed by atoms with van der Waals surface area (Å²) in [4.78, 5) is 26.6. The van der Waals surface area contributed by atoms with E-state index >= 15 is 0 Å². The number of nitrogens with zero attached hydrogens (tertiary/aromatic N) is 1. The average molecular weight is 358 g/mol. The Morgan fingerprint density at radius 2 is 1.88 bits per heavy atom.